The minimum Gasteiger partial charge on any atom is -0.389 e. The lowest BCUT2D eigenvalue weighted by Crippen LogP contribution is -2.40. The van der Waals surface area contributed by atoms with Crippen LogP contribution in [0.4, 0.5) is 0 Å². The third kappa shape index (κ3) is 4.59. The Morgan fingerprint density at radius 1 is 1.22 bits per heavy atom. The Balaban J connectivity index is 1.94. The highest BCUT2D eigenvalue weighted by molar-refractivity contribution is 7.80. The van der Waals surface area contributed by atoms with Crippen LogP contribution < -0.4 is 5.73 Å². The maximum atomic E-state index is 12.4. The Hall–Kier alpha value is -1.79. The molecule has 1 radical (unpaired) electrons. The minimum atomic E-state index is -0.565. The number of thiocarbonyl (C=S) groups is 1. The van der Waals surface area contributed by atoms with Crippen LogP contribution in [0.3, 0.4) is 0 Å². The van der Waals surface area contributed by atoms with E-state index in [0.717, 1.165) is 0 Å². The molecule has 1 atom stereocenters. The van der Waals surface area contributed by atoms with Crippen LogP contribution in [-0.4, -0.2) is 40.8 Å². The normalized spacial score (nSPS) is 16.9. The van der Waals surface area contributed by atoms with Crippen LogP contribution in [-0.2, 0) is 9.90 Å². The summed E-state index contributed by atoms with van der Waals surface area (Å²) in [6, 6.07) is 6.79. The van der Waals surface area contributed by atoms with E-state index in [1.165, 1.54) is 0 Å². The number of carbonyl (C=O) groups is 2. The molecular weight excluding hydrogens is 312 g/mol. The first-order chi connectivity index (χ1) is 10.9. The van der Waals surface area contributed by atoms with Gasteiger partial charge in [0.15, 0.2) is 5.78 Å². The lowest BCUT2D eigenvalue weighted by Gasteiger charge is -2.29. The van der Waals surface area contributed by atoms with Gasteiger partial charge in [0.2, 0.25) is 5.91 Å². The molecule has 1 amide bonds. The summed E-state index contributed by atoms with van der Waals surface area (Å²) in [5.74, 6) is -0.535. The average molecular weight is 333 g/mol. The Morgan fingerprint density at radius 3 is 2.26 bits per heavy atom. The van der Waals surface area contributed by atoms with Crippen LogP contribution in [0.1, 0.15) is 42.1 Å². The monoisotopic (exact) mass is 333 g/mol. The quantitative estimate of drug-likeness (QED) is 0.659. The molecular formula is C17H21N2O3S. The molecule has 6 heteroatoms. The molecule has 1 aromatic rings. The first-order valence-electron chi connectivity index (χ1n) is 7.76. The Labute approximate surface area is 141 Å². The van der Waals surface area contributed by atoms with Gasteiger partial charge in [-0.3, -0.25) is 9.59 Å². The molecule has 1 unspecified atom stereocenters. The zero-order valence-corrected chi connectivity index (χ0v) is 14.0. The van der Waals surface area contributed by atoms with E-state index in [1.54, 1.807) is 36.1 Å². The van der Waals surface area contributed by atoms with Crippen molar-refractivity contribution < 1.29 is 14.7 Å². The van der Waals surface area contributed by atoms with Gasteiger partial charge >= 0.3 is 0 Å². The fraction of sp³-hybridized carbons (Fsp3) is 0.471. The number of hydrogen-bond donors (Lipinski definition) is 1. The van der Waals surface area contributed by atoms with Crippen molar-refractivity contribution in [1.82, 2.24) is 4.90 Å². The molecule has 0 aromatic heterocycles. The van der Waals surface area contributed by atoms with E-state index < -0.39 is 12.0 Å². The summed E-state index contributed by atoms with van der Waals surface area (Å²) in [6.45, 7) is 2.75. The number of ketones is 1. The fourth-order valence-electron chi connectivity index (χ4n) is 2.67. The molecule has 1 saturated heterocycles. The highest BCUT2D eigenvalue weighted by Gasteiger charge is 2.25. The summed E-state index contributed by atoms with van der Waals surface area (Å²) in [4.78, 5) is 26.6. The fourth-order valence-corrected chi connectivity index (χ4v) is 2.81. The van der Waals surface area contributed by atoms with Gasteiger partial charge in [-0.05, 0) is 12.8 Å². The summed E-state index contributed by atoms with van der Waals surface area (Å²) in [5.41, 5.74) is 6.79. The number of piperidine rings is 1. The van der Waals surface area contributed by atoms with Crippen molar-refractivity contribution in [1.29, 1.82) is 0 Å². The number of amides is 1. The van der Waals surface area contributed by atoms with Crippen LogP contribution in [0.5, 0.6) is 0 Å². The molecule has 0 bridgehead atoms. The minimum absolute atomic E-state index is 0.0579. The smallest absolute Gasteiger partial charge is 0.223 e. The van der Waals surface area contributed by atoms with Gasteiger partial charge in [0.05, 0.1) is 6.10 Å². The van der Waals surface area contributed by atoms with Crippen molar-refractivity contribution in [2.75, 3.05) is 13.1 Å². The van der Waals surface area contributed by atoms with Crippen molar-refractivity contribution in [2.24, 2.45) is 11.7 Å². The van der Waals surface area contributed by atoms with Crippen LogP contribution in [0.15, 0.2) is 24.3 Å². The second-order valence-corrected chi connectivity index (χ2v) is 6.43. The summed E-state index contributed by atoms with van der Waals surface area (Å²) in [6.07, 6.45) is 0.591. The molecule has 1 aromatic carbocycles. The predicted molar refractivity (Wildman–Crippen MR) is 90.7 cm³/mol. The third-order valence-corrected chi connectivity index (χ3v) is 4.41. The molecule has 1 heterocycles. The topological polar surface area (TPSA) is 83.3 Å². The number of hydrogen-bond acceptors (Lipinski definition) is 3. The zero-order valence-electron chi connectivity index (χ0n) is 13.2. The highest BCUT2D eigenvalue weighted by atomic mass is 32.1. The van der Waals surface area contributed by atoms with E-state index in [1.807, 2.05) is 0 Å². The number of likely N-dealkylation sites (tertiary alicyclic amines) is 1. The Bertz CT molecular complexity index is 592. The Kier molecular flexibility index (Phi) is 5.85. The second kappa shape index (κ2) is 7.66. The van der Waals surface area contributed by atoms with Gasteiger partial charge in [0.1, 0.15) is 4.99 Å². The number of nitrogens with two attached hydrogens (primary N) is 1. The van der Waals surface area contributed by atoms with E-state index in [0.29, 0.717) is 37.1 Å². The maximum Gasteiger partial charge on any atom is 0.223 e. The van der Waals surface area contributed by atoms with E-state index in [2.05, 4.69) is 0 Å². The third-order valence-electron chi connectivity index (χ3n) is 4.18. The summed E-state index contributed by atoms with van der Waals surface area (Å²) in [7, 11) is 0. The van der Waals surface area contributed by atoms with E-state index >= 15 is 0 Å². The molecule has 23 heavy (non-hydrogen) atoms. The average Bonchev–Trinajstić information content (AvgIpc) is 2.54. The summed E-state index contributed by atoms with van der Waals surface area (Å²) < 4.78 is 0. The van der Waals surface area contributed by atoms with Crippen molar-refractivity contribution in [3.63, 3.8) is 0 Å². The van der Waals surface area contributed by atoms with Gasteiger partial charge < -0.3 is 10.6 Å². The lowest BCUT2D eigenvalue weighted by molar-refractivity contribution is -0.134. The van der Waals surface area contributed by atoms with E-state index in [4.69, 9.17) is 18.0 Å². The highest BCUT2D eigenvalue weighted by Crippen LogP contribution is 2.17. The summed E-state index contributed by atoms with van der Waals surface area (Å²) in [5, 5.41) is 11.3. The number of rotatable bonds is 5. The molecule has 1 fully saturated rings. The number of benzene rings is 1. The SMILES string of the molecule is CC(CC(=O)N1CCC([O])CC1)C(=O)c1ccc(C(N)=S)cc1. The standard InChI is InChI=1S/C17H21N2O3S/c1-11(10-15(21)19-8-6-14(20)7-9-19)16(22)12-2-4-13(5-3-12)17(18)23/h2-5,11,14H,6-10H2,1H3,(H2,18,23). The molecule has 0 saturated carbocycles. The number of nitrogens with zero attached hydrogens (tertiary/aromatic N) is 1. The molecule has 0 aliphatic carbocycles. The van der Waals surface area contributed by atoms with Gasteiger partial charge in [-0.1, -0.05) is 43.4 Å². The first kappa shape index (κ1) is 17.6. The zero-order chi connectivity index (χ0) is 17.0. The van der Waals surface area contributed by atoms with Gasteiger partial charge in [-0.2, -0.15) is 0 Å². The van der Waals surface area contributed by atoms with Gasteiger partial charge in [-0.25, -0.2) is 5.11 Å². The van der Waals surface area contributed by atoms with Crippen LogP contribution in [0.2, 0.25) is 0 Å². The van der Waals surface area contributed by atoms with Crippen molar-refractivity contribution in [3.8, 4) is 0 Å². The molecule has 1 aliphatic rings. The maximum absolute atomic E-state index is 12.4. The van der Waals surface area contributed by atoms with Crippen molar-refractivity contribution >= 4 is 28.9 Å². The summed E-state index contributed by atoms with van der Waals surface area (Å²) >= 11 is 4.88. The van der Waals surface area contributed by atoms with Gasteiger partial charge in [0, 0.05) is 36.6 Å². The van der Waals surface area contributed by atoms with Crippen LogP contribution in [0, 0.1) is 5.92 Å². The van der Waals surface area contributed by atoms with Gasteiger partial charge in [0.25, 0.3) is 0 Å². The lowest BCUT2D eigenvalue weighted by atomic mass is 9.94. The molecule has 2 rings (SSSR count). The molecule has 123 valence electrons. The van der Waals surface area contributed by atoms with Crippen molar-refractivity contribution in [3.05, 3.63) is 35.4 Å². The van der Waals surface area contributed by atoms with Crippen molar-refractivity contribution in [2.45, 2.75) is 32.3 Å². The molecule has 1 aliphatic heterocycles. The van der Waals surface area contributed by atoms with Crippen LogP contribution in [0.25, 0.3) is 0 Å². The number of Topliss-reactive ketones (excluding diaryl/α,β-unsaturated/α-hetero) is 1. The number of carbonyl (C=O) groups excluding carboxylic acids is 2. The molecule has 5 nitrogen and oxygen atoms in total. The Morgan fingerprint density at radius 2 is 1.74 bits per heavy atom. The predicted octanol–water partition coefficient (Wildman–Crippen LogP) is 1.95. The molecule has 0 spiro atoms. The van der Waals surface area contributed by atoms with Gasteiger partial charge in [-0.15, -0.1) is 0 Å². The first-order valence-corrected chi connectivity index (χ1v) is 8.17. The van der Waals surface area contributed by atoms with E-state index in [9.17, 15) is 14.7 Å². The van der Waals surface area contributed by atoms with Crippen LogP contribution >= 0.6 is 12.2 Å². The second-order valence-electron chi connectivity index (χ2n) is 5.99. The molecule has 2 N–H and O–H groups in total. The largest absolute Gasteiger partial charge is 0.389 e. The van der Waals surface area contributed by atoms with E-state index in [-0.39, 0.29) is 23.1 Å².